The van der Waals surface area contributed by atoms with Gasteiger partial charge in [-0.25, -0.2) is 8.42 Å². The Kier molecular flexibility index (Phi) is 8.51. The van der Waals surface area contributed by atoms with Crippen molar-refractivity contribution in [2.45, 2.75) is 38.1 Å². The number of carbonyl (C=O) groups is 1. The lowest BCUT2D eigenvalue weighted by Gasteiger charge is -2.38. The summed E-state index contributed by atoms with van der Waals surface area (Å²) < 4.78 is 34.6. The maximum absolute atomic E-state index is 13.7. The van der Waals surface area contributed by atoms with Gasteiger partial charge in [0.1, 0.15) is 11.8 Å². The number of hydrogen-bond donors (Lipinski definition) is 1. The number of sulfonamides is 1. The van der Waals surface area contributed by atoms with Crippen LogP contribution < -0.4 is 14.4 Å². The number of benzene rings is 3. The Balaban J connectivity index is 1.50. The van der Waals surface area contributed by atoms with E-state index in [2.05, 4.69) is 41.7 Å². The normalized spacial score (nSPS) is 14.9. The van der Waals surface area contributed by atoms with E-state index >= 15 is 0 Å². The number of nitrogens with one attached hydrogen (secondary N) is 1. The van der Waals surface area contributed by atoms with Crippen LogP contribution in [0.15, 0.2) is 77.7 Å². The van der Waals surface area contributed by atoms with Gasteiger partial charge in [0.05, 0.1) is 11.5 Å². The van der Waals surface area contributed by atoms with Gasteiger partial charge < -0.3 is 14.5 Å². The molecular weight excluding hydrogens is 486 g/mol. The van der Waals surface area contributed by atoms with Crippen molar-refractivity contribution < 1.29 is 17.9 Å². The van der Waals surface area contributed by atoms with E-state index in [0.717, 1.165) is 5.56 Å². The fourth-order valence-corrected chi connectivity index (χ4v) is 5.82. The molecular formula is C29H35N3O4S. The molecule has 1 unspecified atom stereocenters. The van der Waals surface area contributed by atoms with Crippen LogP contribution >= 0.6 is 0 Å². The van der Waals surface area contributed by atoms with Crippen LogP contribution in [-0.2, 0) is 21.2 Å². The molecule has 0 bridgehead atoms. The van der Waals surface area contributed by atoms with Crippen molar-refractivity contribution in [1.82, 2.24) is 9.62 Å². The zero-order chi connectivity index (χ0) is 26.4. The summed E-state index contributed by atoms with van der Waals surface area (Å²) >= 11 is 0. The Hall–Kier alpha value is -3.36. The molecule has 1 aliphatic rings. The molecule has 1 amide bonds. The summed E-state index contributed by atoms with van der Waals surface area (Å²) in [5.41, 5.74) is 4.56. The first-order chi connectivity index (χ1) is 17.8. The van der Waals surface area contributed by atoms with Gasteiger partial charge in [0.2, 0.25) is 15.9 Å². The van der Waals surface area contributed by atoms with Crippen LogP contribution in [0.4, 0.5) is 5.69 Å². The molecule has 0 aromatic heterocycles. The largest absolute Gasteiger partial charge is 0.494 e. The Morgan fingerprint density at radius 2 is 1.59 bits per heavy atom. The molecule has 3 aromatic carbocycles. The van der Waals surface area contributed by atoms with Gasteiger partial charge >= 0.3 is 0 Å². The van der Waals surface area contributed by atoms with E-state index < -0.39 is 16.1 Å². The number of aryl methyl sites for hydroxylation is 1. The van der Waals surface area contributed by atoms with E-state index in [9.17, 15) is 13.2 Å². The summed E-state index contributed by atoms with van der Waals surface area (Å²) in [6.45, 7) is 9.03. The highest BCUT2D eigenvalue weighted by Crippen LogP contribution is 2.24. The van der Waals surface area contributed by atoms with Crippen molar-refractivity contribution in [3.63, 3.8) is 0 Å². The van der Waals surface area contributed by atoms with E-state index in [1.54, 1.807) is 17.0 Å². The average molecular weight is 522 g/mol. The Bertz CT molecular complexity index is 1300. The fourth-order valence-electron chi connectivity index (χ4n) is 4.63. The molecule has 1 heterocycles. The van der Waals surface area contributed by atoms with Gasteiger partial charge in [-0.15, -0.1) is 0 Å². The van der Waals surface area contributed by atoms with Crippen LogP contribution in [0.25, 0.3) is 0 Å². The minimum atomic E-state index is -3.92. The first kappa shape index (κ1) is 26.7. The molecule has 1 N–H and O–H groups in total. The first-order valence-electron chi connectivity index (χ1n) is 12.7. The topological polar surface area (TPSA) is 78.9 Å². The van der Waals surface area contributed by atoms with Crippen molar-refractivity contribution in [2.24, 2.45) is 0 Å². The lowest BCUT2D eigenvalue weighted by atomic mass is 10.0. The zero-order valence-electron chi connectivity index (χ0n) is 21.7. The third kappa shape index (κ3) is 6.50. The van der Waals surface area contributed by atoms with Gasteiger partial charge in [0, 0.05) is 31.9 Å². The van der Waals surface area contributed by atoms with Crippen molar-refractivity contribution >= 4 is 21.6 Å². The number of rotatable bonds is 9. The van der Waals surface area contributed by atoms with E-state index in [-0.39, 0.29) is 17.2 Å². The smallest absolute Gasteiger partial charge is 0.241 e. The van der Waals surface area contributed by atoms with E-state index in [1.165, 1.54) is 28.9 Å². The van der Waals surface area contributed by atoms with Gasteiger partial charge in [-0.3, -0.25) is 4.79 Å². The van der Waals surface area contributed by atoms with Crippen LogP contribution in [0.3, 0.4) is 0 Å². The van der Waals surface area contributed by atoms with Crippen LogP contribution in [-0.4, -0.2) is 58.1 Å². The minimum Gasteiger partial charge on any atom is -0.494 e. The zero-order valence-corrected chi connectivity index (χ0v) is 22.5. The molecule has 0 aliphatic carbocycles. The molecule has 0 radical (unpaired) electrons. The number of hydrogen-bond acceptors (Lipinski definition) is 5. The number of nitrogens with zero attached hydrogens (tertiary/aromatic N) is 2. The van der Waals surface area contributed by atoms with E-state index in [1.807, 2.05) is 37.3 Å². The van der Waals surface area contributed by atoms with Gasteiger partial charge in [-0.05, 0) is 74.2 Å². The molecule has 0 saturated carbocycles. The molecule has 1 saturated heterocycles. The Morgan fingerprint density at radius 1 is 0.919 bits per heavy atom. The molecule has 4 rings (SSSR count). The van der Waals surface area contributed by atoms with Crippen molar-refractivity contribution in [2.75, 3.05) is 37.7 Å². The average Bonchev–Trinajstić information content (AvgIpc) is 2.91. The van der Waals surface area contributed by atoms with Gasteiger partial charge in [0.15, 0.2) is 0 Å². The number of piperazine rings is 1. The second-order valence-corrected chi connectivity index (χ2v) is 11.0. The molecule has 37 heavy (non-hydrogen) atoms. The van der Waals surface area contributed by atoms with Crippen LogP contribution in [0.5, 0.6) is 5.75 Å². The summed E-state index contributed by atoms with van der Waals surface area (Å²) in [5, 5.41) is 0. The van der Waals surface area contributed by atoms with Crippen LogP contribution in [0.1, 0.15) is 23.6 Å². The summed E-state index contributed by atoms with van der Waals surface area (Å²) in [4.78, 5) is 17.8. The lowest BCUT2D eigenvalue weighted by molar-refractivity contribution is -0.133. The molecule has 1 fully saturated rings. The molecule has 3 aromatic rings. The maximum atomic E-state index is 13.7. The summed E-state index contributed by atoms with van der Waals surface area (Å²) in [6, 6.07) is 21.1. The van der Waals surface area contributed by atoms with Gasteiger partial charge in [0.25, 0.3) is 0 Å². The van der Waals surface area contributed by atoms with E-state index in [4.69, 9.17) is 4.74 Å². The standard InChI is InChI=1S/C29H35N3O4S/c1-4-36-25-13-15-26(16-14-25)37(34,35)30-27(21-24-10-6-5-7-11-24)29(33)32-19-17-31(18-20-32)28-12-8-9-22(2)23(28)3/h5-16,27,30H,4,17-21H2,1-3H3. The van der Waals surface area contributed by atoms with Crippen molar-refractivity contribution in [3.05, 3.63) is 89.5 Å². The molecule has 196 valence electrons. The number of carbonyl (C=O) groups excluding carboxylic acids is 1. The van der Waals surface area contributed by atoms with Crippen molar-refractivity contribution in [3.8, 4) is 5.75 Å². The second kappa shape index (κ2) is 11.8. The minimum absolute atomic E-state index is 0.0987. The van der Waals surface area contributed by atoms with Gasteiger partial charge in [-0.1, -0.05) is 42.5 Å². The van der Waals surface area contributed by atoms with Crippen LogP contribution in [0.2, 0.25) is 0 Å². The molecule has 0 spiro atoms. The Morgan fingerprint density at radius 3 is 2.24 bits per heavy atom. The predicted molar refractivity (Wildman–Crippen MR) is 147 cm³/mol. The van der Waals surface area contributed by atoms with E-state index in [0.29, 0.717) is 38.5 Å². The number of anilines is 1. The fraction of sp³-hybridized carbons (Fsp3) is 0.345. The highest BCUT2D eigenvalue weighted by Gasteiger charge is 2.31. The highest BCUT2D eigenvalue weighted by molar-refractivity contribution is 7.89. The third-order valence-corrected chi connectivity index (χ3v) is 8.32. The SMILES string of the molecule is CCOc1ccc(S(=O)(=O)NC(Cc2ccccc2)C(=O)N2CCN(c3cccc(C)c3C)CC2)cc1. The highest BCUT2D eigenvalue weighted by atomic mass is 32.2. The number of ether oxygens (including phenoxy) is 1. The number of amides is 1. The Labute approximate surface area is 220 Å². The van der Waals surface area contributed by atoms with Crippen molar-refractivity contribution in [1.29, 1.82) is 0 Å². The van der Waals surface area contributed by atoms with Crippen LogP contribution in [0, 0.1) is 13.8 Å². The molecule has 7 nitrogen and oxygen atoms in total. The maximum Gasteiger partial charge on any atom is 0.241 e. The molecule has 8 heteroatoms. The summed E-state index contributed by atoms with van der Waals surface area (Å²) in [7, 11) is -3.92. The van der Waals surface area contributed by atoms with Gasteiger partial charge in [-0.2, -0.15) is 4.72 Å². The quantitative estimate of drug-likeness (QED) is 0.462. The molecule has 1 aliphatic heterocycles. The summed E-state index contributed by atoms with van der Waals surface area (Å²) in [5.74, 6) is 0.388. The summed E-state index contributed by atoms with van der Waals surface area (Å²) in [6.07, 6.45) is 0.271. The monoisotopic (exact) mass is 521 g/mol. The predicted octanol–water partition coefficient (Wildman–Crippen LogP) is 3.94. The second-order valence-electron chi connectivity index (χ2n) is 9.30. The third-order valence-electron chi connectivity index (χ3n) is 6.83. The molecule has 1 atom stereocenters. The first-order valence-corrected chi connectivity index (χ1v) is 14.2. The lowest BCUT2D eigenvalue weighted by Crippen LogP contribution is -2.55.